The second kappa shape index (κ2) is 8.08. The summed E-state index contributed by atoms with van der Waals surface area (Å²) in [5, 5.41) is 5.81. The fourth-order valence-corrected chi connectivity index (χ4v) is 4.05. The normalized spacial score (nSPS) is 26.8. The number of hydrogen-bond acceptors (Lipinski definition) is 3. The molecule has 1 unspecified atom stereocenters. The summed E-state index contributed by atoms with van der Waals surface area (Å²) < 4.78 is 19.3. The van der Waals surface area contributed by atoms with Crippen molar-refractivity contribution in [1.29, 1.82) is 0 Å². The molecule has 3 atom stereocenters. The average Bonchev–Trinajstić information content (AvgIpc) is 3.21. The Morgan fingerprint density at radius 1 is 1.28 bits per heavy atom. The molecule has 1 saturated heterocycles. The number of benzene rings is 1. The van der Waals surface area contributed by atoms with Crippen molar-refractivity contribution in [2.24, 2.45) is 0 Å². The fourth-order valence-electron chi connectivity index (χ4n) is 3.74. The smallest absolute Gasteiger partial charge is 0.319 e. The van der Waals surface area contributed by atoms with Gasteiger partial charge in [0.15, 0.2) is 0 Å². The number of nitrogens with one attached hydrogen (secondary N) is 2. The van der Waals surface area contributed by atoms with Gasteiger partial charge in [0, 0.05) is 32.3 Å². The van der Waals surface area contributed by atoms with Crippen LogP contribution in [-0.4, -0.2) is 49.3 Å². The van der Waals surface area contributed by atoms with E-state index in [1.807, 2.05) is 0 Å². The quantitative estimate of drug-likeness (QED) is 0.767. The molecule has 2 amide bonds. The van der Waals surface area contributed by atoms with Crippen molar-refractivity contribution in [3.63, 3.8) is 0 Å². The van der Waals surface area contributed by atoms with Crippen molar-refractivity contribution in [1.82, 2.24) is 10.2 Å². The molecule has 0 spiro atoms. The molecular formula is C17H22Cl2FN3O2. The molecule has 0 aromatic heterocycles. The van der Waals surface area contributed by atoms with Gasteiger partial charge in [0.05, 0.1) is 21.8 Å². The van der Waals surface area contributed by atoms with Crippen LogP contribution in [0.1, 0.15) is 25.7 Å². The van der Waals surface area contributed by atoms with E-state index in [2.05, 4.69) is 15.5 Å². The molecule has 0 radical (unpaired) electrons. The van der Waals surface area contributed by atoms with Crippen molar-refractivity contribution in [2.75, 3.05) is 25.5 Å². The third-order valence-corrected chi connectivity index (χ3v) is 5.76. The molecule has 3 rings (SSSR count). The Labute approximate surface area is 156 Å². The molecule has 1 aliphatic carbocycles. The number of halogens is 3. The molecule has 5 nitrogen and oxygen atoms in total. The maximum absolute atomic E-state index is 13.9. The summed E-state index contributed by atoms with van der Waals surface area (Å²) in [4.78, 5) is 14.7. The van der Waals surface area contributed by atoms with E-state index in [1.54, 1.807) is 7.11 Å². The van der Waals surface area contributed by atoms with E-state index >= 15 is 0 Å². The van der Waals surface area contributed by atoms with E-state index < -0.39 is 11.8 Å². The summed E-state index contributed by atoms with van der Waals surface area (Å²) >= 11 is 11.6. The minimum Gasteiger partial charge on any atom is -0.380 e. The van der Waals surface area contributed by atoms with Gasteiger partial charge in [0.25, 0.3) is 0 Å². The molecule has 1 saturated carbocycles. The minimum atomic E-state index is -0.616. The predicted octanol–water partition coefficient (Wildman–Crippen LogP) is 3.90. The highest BCUT2D eigenvalue weighted by atomic mass is 35.5. The van der Waals surface area contributed by atoms with Crippen molar-refractivity contribution < 1.29 is 13.9 Å². The Bertz CT molecular complexity index is 647. The third-order valence-electron chi connectivity index (χ3n) is 5.03. The van der Waals surface area contributed by atoms with E-state index in [9.17, 15) is 9.18 Å². The van der Waals surface area contributed by atoms with Gasteiger partial charge in [-0.3, -0.25) is 4.90 Å². The summed E-state index contributed by atoms with van der Waals surface area (Å²) in [7, 11) is 1.73. The Kier molecular flexibility index (Phi) is 6.04. The molecule has 1 heterocycles. The van der Waals surface area contributed by atoms with Gasteiger partial charge in [0.1, 0.15) is 5.82 Å². The van der Waals surface area contributed by atoms with Gasteiger partial charge in [-0.1, -0.05) is 23.2 Å². The van der Waals surface area contributed by atoms with Crippen molar-refractivity contribution in [3.8, 4) is 0 Å². The number of likely N-dealkylation sites (tertiary alicyclic amines) is 1. The number of urea groups is 1. The van der Waals surface area contributed by atoms with E-state index in [4.69, 9.17) is 27.9 Å². The second-order valence-corrected chi connectivity index (χ2v) is 7.41. The minimum absolute atomic E-state index is 0.0158. The summed E-state index contributed by atoms with van der Waals surface area (Å²) in [6.45, 7) is 1.87. The van der Waals surface area contributed by atoms with Crippen LogP contribution >= 0.6 is 23.2 Å². The van der Waals surface area contributed by atoms with Gasteiger partial charge in [-0.15, -0.1) is 0 Å². The first-order chi connectivity index (χ1) is 12.0. The molecule has 1 aromatic rings. The molecular weight excluding hydrogens is 368 g/mol. The lowest BCUT2D eigenvalue weighted by atomic mass is 10.1. The molecule has 8 heteroatoms. The average molecular weight is 390 g/mol. The molecule has 1 aliphatic heterocycles. The molecule has 2 N–H and O–H groups in total. The zero-order valence-electron chi connectivity index (χ0n) is 14.0. The molecule has 2 fully saturated rings. The lowest BCUT2D eigenvalue weighted by Crippen LogP contribution is -2.49. The molecule has 2 aliphatic rings. The highest BCUT2D eigenvalue weighted by Gasteiger charge is 2.36. The number of carbonyl (C=O) groups is 1. The van der Waals surface area contributed by atoms with Crippen LogP contribution in [0.5, 0.6) is 0 Å². The van der Waals surface area contributed by atoms with Crippen LogP contribution in [0.15, 0.2) is 12.1 Å². The first-order valence-corrected chi connectivity index (χ1v) is 9.22. The van der Waals surface area contributed by atoms with Crippen LogP contribution in [-0.2, 0) is 4.74 Å². The number of anilines is 1. The SMILES string of the molecule is COC1CCN([C@@H]2CCC[C@@H]2NC(=O)Nc2cc(Cl)c(Cl)cc2F)C1. The summed E-state index contributed by atoms with van der Waals surface area (Å²) in [5.41, 5.74) is 0.0158. The Hall–Kier alpha value is -1.08. The fraction of sp³-hybridized carbons (Fsp3) is 0.588. The summed E-state index contributed by atoms with van der Waals surface area (Å²) in [6.07, 6.45) is 4.30. The van der Waals surface area contributed by atoms with Crippen molar-refractivity contribution in [2.45, 2.75) is 43.9 Å². The van der Waals surface area contributed by atoms with E-state index in [0.717, 1.165) is 44.8 Å². The third kappa shape index (κ3) is 4.37. The second-order valence-electron chi connectivity index (χ2n) is 6.59. The summed E-state index contributed by atoms with van der Waals surface area (Å²) in [5.74, 6) is -0.616. The van der Waals surface area contributed by atoms with E-state index in [-0.39, 0.29) is 27.9 Å². The zero-order chi connectivity index (χ0) is 18.0. The number of carbonyl (C=O) groups excluding carboxylic acids is 1. The Morgan fingerprint density at radius 3 is 2.76 bits per heavy atom. The Morgan fingerprint density at radius 2 is 2.04 bits per heavy atom. The number of ether oxygens (including phenoxy) is 1. The van der Waals surface area contributed by atoms with Gasteiger partial charge in [-0.2, -0.15) is 0 Å². The molecule has 0 bridgehead atoms. The first kappa shape index (κ1) is 18.7. The number of nitrogens with zero attached hydrogens (tertiary/aromatic N) is 1. The molecule has 25 heavy (non-hydrogen) atoms. The van der Waals surface area contributed by atoms with Crippen molar-refractivity contribution >= 4 is 34.9 Å². The number of hydrogen-bond donors (Lipinski definition) is 2. The lowest BCUT2D eigenvalue weighted by molar-refractivity contribution is 0.0985. The topological polar surface area (TPSA) is 53.6 Å². The van der Waals surface area contributed by atoms with Gasteiger partial charge >= 0.3 is 6.03 Å². The number of methoxy groups -OCH3 is 1. The van der Waals surface area contributed by atoms with E-state index in [0.29, 0.717) is 6.04 Å². The number of amides is 2. The van der Waals surface area contributed by atoms with Crippen LogP contribution in [0.4, 0.5) is 14.9 Å². The largest absolute Gasteiger partial charge is 0.380 e. The predicted molar refractivity (Wildman–Crippen MR) is 97.0 cm³/mol. The zero-order valence-corrected chi connectivity index (χ0v) is 15.5. The molecule has 1 aromatic carbocycles. The number of rotatable bonds is 4. The van der Waals surface area contributed by atoms with Crippen LogP contribution in [0, 0.1) is 5.82 Å². The van der Waals surface area contributed by atoms with Gasteiger partial charge in [-0.25, -0.2) is 9.18 Å². The van der Waals surface area contributed by atoms with Crippen LogP contribution in [0.25, 0.3) is 0 Å². The van der Waals surface area contributed by atoms with Gasteiger partial charge in [0.2, 0.25) is 0 Å². The van der Waals surface area contributed by atoms with E-state index in [1.165, 1.54) is 6.07 Å². The van der Waals surface area contributed by atoms with Crippen LogP contribution < -0.4 is 10.6 Å². The lowest BCUT2D eigenvalue weighted by Gasteiger charge is -2.30. The van der Waals surface area contributed by atoms with Crippen molar-refractivity contribution in [3.05, 3.63) is 28.0 Å². The summed E-state index contributed by atoms with van der Waals surface area (Å²) in [6, 6.07) is 2.31. The molecule has 138 valence electrons. The monoisotopic (exact) mass is 389 g/mol. The van der Waals surface area contributed by atoms with Gasteiger partial charge in [-0.05, 0) is 37.8 Å². The standard InChI is InChI=1S/C17H22Cl2FN3O2/c1-25-10-5-6-23(9-10)16-4-2-3-14(16)21-17(24)22-15-8-12(19)11(18)7-13(15)20/h7-8,10,14,16H,2-6,9H2,1H3,(H2,21,22,24)/t10?,14-,16+/m0/s1. The highest BCUT2D eigenvalue weighted by molar-refractivity contribution is 6.42. The van der Waals surface area contributed by atoms with Crippen LogP contribution in [0.3, 0.4) is 0 Å². The van der Waals surface area contributed by atoms with Gasteiger partial charge < -0.3 is 15.4 Å². The Balaban J connectivity index is 1.60. The maximum Gasteiger partial charge on any atom is 0.319 e. The maximum atomic E-state index is 13.9. The van der Waals surface area contributed by atoms with Crippen LogP contribution in [0.2, 0.25) is 10.0 Å². The first-order valence-electron chi connectivity index (χ1n) is 8.47. The highest BCUT2D eigenvalue weighted by Crippen LogP contribution is 2.29.